The highest BCUT2D eigenvalue weighted by Crippen LogP contribution is 2.26. The van der Waals surface area contributed by atoms with Crippen molar-refractivity contribution in [3.63, 3.8) is 0 Å². The lowest BCUT2D eigenvalue weighted by atomic mass is 9.83. The first-order valence-corrected chi connectivity index (χ1v) is 5.23. The minimum Gasteiger partial charge on any atom is -0.313 e. The molecule has 1 atom stereocenters. The second-order valence-corrected chi connectivity index (χ2v) is 5.29. The van der Waals surface area contributed by atoms with E-state index in [-0.39, 0.29) is 0 Å². The summed E-state index contributed by atoms with van der Waals surface area (Å²) in [6.07, 6.45) is 4.35. The van der Waals surface area contributed by atoms with Gasteiger partial charge in [0.1, 0.15) is 0 Å². The van der Waals surface area contributed by atoms with E-state index in [1.807, 2.05) is 0 Å². The van der Waals surface area contributed by atoms with Crippen molar-refractivity contribution in [2.24, 2.45) is 11.3 Å². The van der Waals surface area contributed by atoms with Gasteiger partial charge in [0.05, 0.1) is 0 Å². The first-order chi connectivity index (χ1) is 5.50. The van der Waals surface area contributed by atoms with Gasteiger partial charge >= 0.3 is 0 Å². The van der Waals surface area contributed by atoms with Crippen molar-refractivity contribution in [1.29, 1.82) is 0 Å². The molecule has 0 bridgehead atoms. The van der Waals surface area contributed by atoms with Crippen LogP contribution in [0.2, 0.25) is 0 Å². The second kappa shape index (κ2) is 3.78. The van der Waals surface area contributed by atoms with Gasteiger partial charge in [0, 0.05) is 6.04 Å². The predicted octanol–water partition coefficient (Wildman–Crippen LogP) is 2.81. The summed E-state index contributed by atoms with van der Waals surface area (Å²) in [6, 6.07) is 0.637. The molecule has 0 aromatic carbocycles. The third-order valence-electron chi connectivity index (χ3n) is 3.24. The summed E-state index contributed by atoms with van der Waals surface area (Å²) in [5.41, 5.74) is 0.406. The fourth-order valence-electron chi connectivity index (χ4n) is 1.35. The molecule has 1 aliphatic rings. The number of nitrogens with one attached hydrogen (secondary N) is 1. The summed E-state index contributed by atoms with van der Waals surface area (Å²) >= 11 is 0. The Hall–Kier alpha value is -0.0400. The SMILES string of the molecule is C[C@H](NCC1CCC1)C(C)(C)C. The zero-order chi connectivity index (χ0) is 9.19. The van der Waals surface area contributed by atoms with Crippen LogP contribution in [0.5, 0.6) is 0 Å². The van der Waals surface area contributed by atoms with Crippen LogP contribution in [0.4, 0.5) is 0 Å². The first kappa shape index (κ1) is 10.0. The maximum absolute atomic E-state index is 3.62. The van der Waals surface area contributed by atoms with E-state index >= 15 is 0 Å². The van der Waals surface area contributed by atoms with Crippen molar-refractivity contribution < 1.29 is 0 Å². The van der Waals surface area contributed by atoms with E-state index < -0.39 is 0 Å². The molecule has 1 rings (SSSR count). The number of hydrogen-bond acceptors (Lipinski definition) is 1. The first-order valence-electron chi connectivity index (χ1n) is 5.23. The van der Waals surface area contributed by atoms with E-state index in [1.54, 1.807) is 0 Å². The Balaban J connectivity index is 2.13. The van der Waals surface area contributed by atoms with Crippen LogP contribution in [0.3, 0.4) is 0 Å². The maximum atomic E-state index is 3.62. The van der Waals surface area contributed by atoms with E-state index in [0.29, 0.717) is 11.5 Å². The van der Waals surface area contributed by atoms with Crippen LogP contribution in [0.1, 0.15) is 47.0 Å². The van der Waals surface area contributed by atoms with Gasteiger partial charge < -0.3 is 5.32 Å². The third-order valence-corrected chi connectivity index (χ3v) is 3.24. The lowest BCUT2D eigenvalue weighted by molar-refractivity contribution is 0.237. The summed E-state index contributed by atoms with van der Waals surface area (Å²) in [6.45, 7) is 10.4. The molecule has 0 spiro atoms. The van der Waals surface area contributed by atoms with Crippen LogP contribution in [-0.4, -0.2) is 12.6 Å². The molecule has 0 amide bonds. The van der Waals surface area contributed by atoms with Gasteiger partial charge in [-0.15, -0.1) is 0 Å². The third kappa shape index (κ3) is 2.78. The maximum Gasteiger partial charge on any atom is 0.00873 e. The largest absolute Gasteiger partial charge is 0.313 e. The van der Waals surface area contributed by atoms with Crippen molar-refractivity contribution in [3.8, 4) is 0 Å². The molecule has 0 aromatic rings. The van der Waals surface area contributed by atoms with E-state index in [0.717, 1.165) is 5.92 Å². The lowest BCUT2D eigenvalue weighted by Gasteiger charge is -2.32. The summed E-state index contributed by atoms with van der Waals surface area (Å²) in [7, 11) is 0. The molecule has 1 fully saturated rings. The van der Waals surface area contributed by atoms with Gasteiger partial charge in [-0.1, -0.05) is 27.2 Å². The van der Waals surface area contributed by atoms with Crippen LogP contribution in [0, 0.1) is 11.3 Å². The highest BCUT2D eigenvalue weighted by molar-refractivity contribution is 4.79. The van der Waals surface area contributed by atoms with Crippen molar-refractivity contribution in [3.05, 3.63) is 0 Å². The summed E-state index contributed by atoms with van der Waals surface area (Å²) in [4.78, 5) is 0. The van der Waals surface area contributed by atoms with Crippen LogP contribution in [0.25, 0.3) is 0 Å². The van der Waals surface area contributed by atoms with Gasteiger partial charge in [-0.25, -0.2) is 0 Å². The lowest BCUT2D eigenvalue weighted by Crippen LogP contribution is -2.41. The molecule has 1 saturated carbocycles. The fraction of sp³-hybridized carbons (Fsp3) is 1.00. The monoisotopic (exact) mass is 169 g/mol. The van der Waals surface area contributed by atoms with Crippen LogP contribution >= 0.6 is 0 Å². The van der Waals surface area contributed by atoms with E-state index in [9.17, 15) is 0 Å². The highest BCUT2D eigenvalue weighted by Gasteiger charge is 2.22. The summed E-state index contributed by atoms with van der Waals surface area (Å²) in [5, 5.41) is 3.62. The molecule has 0 heterocycles. The Morgan fingerprint density at radius 2 is 1.92 bits per heavy atom. The number of rotatable bonds is 3. The average molecular weight is 169 g/mol. The van der Waals surface area contributed by atoms with Gasteiger partial charge in [-0.2, -0.15) is 0 Å². The van der Waals surface area contributed by atoms with E-state index in [2.05, 4.69) is 33.0 Å². The van der Waals surface area contributed by atoms with E-state index in [1.165, 1.54) is 25.8 Å². The molecule has 1 heteroatoms. The molecule has 1 aliphatic carbocycles. The fourth-order valence-corrected chi connectivity index (χ4v) is 1.35. The summed E-state index contributed by atoms with van der Waals surface area (Å²) < 4.78 is 0. The molecule has 72 valence electrons. The molecule has 0 aromatic heterocycles. The number of hydrogen-bond donors (Lipinski definition) is 1. The molecule has 0 unspecified atom stereocenters. The van der Waals surface area contributed by atoms with Gasteiger partial charge in [0.15, 0.2) is 0 Å². The molecular weight excluding hydrogens is 146 g/mol. The Bertz CT molecular complexity index is 130. The Morgan fingerprint density at radius 1 is 1.33 bits per heavy atom. The van der Waals surface area contributed by atoms with Gasteiger partial charge in [-0.3, -0.25) is 0 Å². The average Bonchev–Trinajstić information content (AvgIpc) is 1.81. The standard InChI is InChI=1S/C11H23N/c1-9(11(2,3)4)12-8-10-6-5-7-10/h9-10,12H,5-8H2,1-4H3/t9-/m0/s1. The second-order valence-electron chi connectivity index (χ2n) is 5.29. The molecular formula is C11H23N. The van der Waals surface area contributed by atoms with Crippen molar-refractivity contribution in [2.75, 3.05) is 6.54 Å². The molecule has 0 aliphatic heterocycles. The van der Waals surface area contributed by atoms with Gasteiger partial charge in [0.25, 0.3) is 0 Å². The smallest absolute Gasteiger partial charge is 0.00873 e. The van der Waals surface area contributed by atoms with Crippen molar-refractivity contribution in [2.45, 2.75) is 53.0 Å². The zero-order valence-electron chi connectivity index (χ0n) is 8.98. The molecule has 12 heavy (non-hydrogen) atoms. The van der Waals surface area contributed by atoms with Crippen LogP contribution in [0.15, 0.2) is 0 Å². The van der Waals surface area contributed by atoms with Crippen LogP contribution < -0.4 is 5.32 Å². The summed E-state index contributed by atoms with van der Waals surface area (Å²) in [5.74, 6) is 0.981. The Labute approximate surface area is 76.9 Å². The molecule has 0 radical (unpaired) electrons. The van der Waals surface area contributed by atoms with Gasteiger partial charge in [-0.05, 0) is 37.6 Å². The minimum absolute atomic E-state index is 0.406. The highest BCUT2D eigenvalue weighted by atomic mass is 14.9. The van der Waals surface area contributed by atoms with Crippen molar-refractivity contribution in [1.82, 2.24) is 5.32 Å². The molecule has 1 nitrogen and oxygen atoms in total. The normalized spacial score (nSPS) is 22.0. The zero-order valence-corrected chi connectivity index (χ0v) is 8.98. The van der Waals surface area contributed by atoms with E-state index in [4.69, 9.17) is 0 Å². The van der Waals surface area contributed by atoms with Crippen molar-refractivity contribution >= 4 is 0 Å². The Kier molecular flexibility index (Phi) is 3.16. The molecule has 0 saturated heterocycles. The topological polar surface area (TPSA) is 12.0 Å². The predicted molar refractivity (Wildman–Crippen MR) is 54.3 cm³/mol. The Morgan fingerprint density at radius 3 is 2.25 bits per heavy atom. The quantitative estimate of drug-likeness (QED) is 0.685. The van der Waals surface area contributed by atoms with Gasteiger partial charge in [0.2, 0.25) is 0 Å². The van der Waals surface area contributed by atoms with Crippen LogP contribution in [-0.2, 0) is 0 Å². The minimum atomic E-state index is 0.406. The molecule has 1 N–H and O–H groups in total.